The topological polar surface area (TPSA) is 38.3 Å². The minimum Gasteiger partial charge on any atom is -0.468 e. The molecule has 0 aromatic carbocycles. The molecule has 0 aliphatic heterocycles. The summed E-state index contributed by atoms with van der Waals surface area (Å²) in [5.74, 6) is -0.160. The molecule has 1 atom stereocenters. The fourth-order valence-corrected chi connectivity index (χ4v) is 2.50. The van der Waals surface area contributed by atoms with Gasteiger partial charge in [0.25, 0.3) is 0 Å². The van der Waals surface area contributed by atoms with Gasteiger partial charge in [-0.3, -0.25) is 10.1 Å². The molecule has 3 nitrogen and oxygen atoms in total. The smallest absolute Gasteiger partial charge is 0.322 e. The molecule has 1 aromatic heterocycles. The van der Waals surface area contributed by atoms with Gasteiger partial charge >= 0.3 is 5.97 Å². The van der Waals surface area contributed by atoms with E-state index in [0.717, 1.165) is 25.8 Å². The maximum atomic E-state index is 11.6. The van der Waals surface area contributed by atoms with Crippen LogP contribution in [0.1, 0.15) is 35.9 Å². The van der Waals surface area contributed by atoms with Crippen LogP contribution in [0.5, 0.6) is 0 Å². The first-order chi connectivity index (χ1) is 8.17. The van der Waals surface area contributed by atoms with Gasteiger partial charge in [-0.2, -0.15) is 0 Å². The first-order valence-corrected chi connectivity index (χ1v) is 6.85. The van der Waals surface area contributed by atoms with Crippen LogP contribution in [-0.2, 0) is 16.1 Å². The Balaban J connectivity index is 2.45. The van der Waals surface area contributed by atoms with Crippen molar-refractivity contribution in [3.05, 3.63) is 21.9 Å². The van der Waals surface area contributed by atoms with E-state index in [1.807, 2.05) is 0 Å². The number of carbonyl (C=O) groups is 1. The fourth-order valence-electron chi connectivity index (χ4n) is 1.66. The Morgan fingerprint density at radius 1 is 1.53 bits per heavy atom. The number of methoxy groups -OCH3 is 1. The van der Waals surface area contributed by atoms with Crippen molar-refractivity contribution in [2.75, 3.05) is 7.11 Å². The largest absolute Gasteiger partial charge is 0.468 e. The lowest BCUT2D eigenvalue weighted by Gasteiger charge is -2.15. The molecule has 0 aliphatic carbocycles. The van der Waals surface area contributed by atoms with Crippen LogP contribution < -0.4 is 5.32 Å². The molecule has 0 spiro atoms. The summed E-state index contributed by atoms with van der Waals surface area (Å²) in [6, 6.07) is 4.02. The number of thiophene rings is 1. The molecule has 1 N–H and O–H groups in total. The molecule has 1 unspecified atom stereocenters. The van der Waals surface area contributed by atoms with Gasteiger partial charge in [0.15, 0.2) is 0 Å². The number of esters is 1. The predicted octanol–water partition coefficient (Wildman–Crippen LogP) is 2.88. The minimum atomic E-state index is -0.178. The van der Waals surface area contributed by atoms with E-state index in [0.29, 0.717) is 0 Å². The summed E-state index contributed by atoms with van der Waals surface area (Å²) in [4.78, 5) is 14.1. The lowest BCUT2D eigenvalue weighted by atomic mass is 10.1. The summed E-state index contributed by atoms with van der Waals surface area (Å²) >= 11 is 1.76. The maximum absolute atomic E-state index is 11.6. The molecular weight excluding hydrogens is 234 g/mol. The first kappa shape index (κ1) is 14.2. The fraction of sp³-hybridized carbons (Fsp3) is 0.615. The molecule has 0 bridgehead atoms. The van der Waals surface area contributed by atoms with Crippen LogP contribution in [0.15, 0.2) is 12.1 Å². The third-order valence-corrected chi connectivity index (χ3v) is 3.65. The molecule has 4 heteroatoms. The Kier molecular flexibility index (Phi) is 6.22. The van der Waals surface area contributed by atoms with Gasteiger partial charge < -0.3 is 4.74 Å². The molecule has 17 heavy (non-hydrogen) atoms. The van der Waals surface area contributed by atoms with Gasteiger partial charge in [-0.15, -0.1) is 11.3 Å². The van der Waals surface area contributed by atoms with E-state index in [4.69, 9.17) is 4.74 Å². The van der Waals surface area contributed by atoms with Gasteiger partial charge in [-0.05, 0) is 25.5 Å². The monoisotopic (exact) mass is 255 g/mol. The molecule has 1 aromatic rings. The van der Waals surface area contributed by atoms with Crippen molar-refractivity contribution in [2.24, 2.45) is 0 Å². The molecule has 0 saturated heterocycles. The number of unbranched alkanes of at least 4 members (excludes halogenated alkanes) is 1. The maximum Gasteiger partial charge on any atom is 0.322 e. The predicted molar refractivity (Wildman–Crippen MR) is 71.2 cm³/mol. The molecule has 0 saturated carbocycles. The summed E-state index contributed by atoms with van der Waals surface area (Å²) in [5, 5.41) is 3.27. The zero-order valence-corrected chi connectivity index (χ0v) is 11.6. The second kappa shape index (κ2) is 7.45. The van der Waals surface area contributed by atoms with E-state index in [1.165, 1.54) is 16.9 Å². The number of aryl methyl sites for hydroxylation is 1. The summed E-state index contributed by atoms with van der Waals surface area (Å²) < 4.78 is 4.81. The van der Waals surface area contributed by atoms with Crippen LogP contribution >= 0.6 is 11.3 Å². The number of rotatable bonds is 7. The van der Waals surface area contributed by atoms with Crippen LogP contribution in [0.2, 0.25) is 0 Å². The van der Waals surface area contributed by atoms with Crippen molar-refractivity contribution in [1.82, 2.24) is 5.32 Å². The standard InChI is InChI=1S/C13H21NO2S/c1-4-5-6-12(13(15)16-3)14-9-11-8-7-10(2)17-11/h7-8,12,14H,4-6,9H2,1-3H3. The summed E-state index contributed by atoms with van der Waals surface area (Å²) in [7, 11) is 1.44. The number of nitrogens with one attached hydrogen (secondary N) is 1. The Morgan fingerprint density at radius 3 is 2.82 bits per heavy atom. The first-order valence-electron chi connectivity index (χ1n) is 6.04. The second-order valence-electron chi connectivity index (χ2n) is 4.11. The van der Waals surface area contributed by atoms with Crippen molar-refractivity contribution >= 4 is 17.3 Å². The van der Waals surface area contributed by atoms with E-state index < -0.39 is 0 Å². The number of hydrogen-bond donors (Lipinski definition) is 1. The van der Waals surface area contributed by atoms with Crippen LogP contribution in [0, 0.1) is 6.92 Å². The second-order valence-corrected chi connectivity index (χ2v) is 5.48. The lowest BCUT2D eigenvalue weighted by Crippen LogP contribution is -2.36. The van der Waals surface area contributed by atoms with E-state index in [1.54, 1.807) is 11.3 Å². The highest BCUT2D eigenvalue weighted by molar-refractivity contribution is 7.11. The van der Waals surface area contributed by atoms with Gasteiger partial charge in [-0.1, -0.05) is 19.8 Å². The molecule has 0 radical (unpaired) electrons. The van der Waals surface area contributed by atoms with Crippen molar-refractivity contribution in [1.29, 1.82) is 0 Å². The third-order valence-electron chi connectivity index (χ3n) is 2.65. The van der Waals surface area contributed by atoms with E-state index in [9.17, 15) is 4.79 Å². The lowest BCUT2D eigenvalue weighted by molar-refractivity contribution is -0.143. The number of carbonyl (C=O) groups excluding carboxylic acids is 1. The van der Waals surface area contributed by atoms with Gasteiger partial charge in [0.05, 0.1) is 7.11 Å². The zero-order valence-electron chi connectivity index (χ0n) is 10.8. The molecular formula is C13H21NO2S. The quantitative estimate of drug-likeness (QED) is 0.761. The van der Waals surface area contributed by atoms with E-state index >= 15 is 0 Å². The number of hydrogen-bond acceptors (Lipinski definition) is 4. The highest BCUT2D eigenvalue weighted by atomic mass is 32.1. The van der Waals surface area contributed by atoms with Crippen LogP contribution in [-0.4, -0.2) is 19.1 Å². The Hall–Kier alpha value is -0.870. The molecule has 0 fully saturated rings. The highest BCUT2D eigenvalue weighted by Gasteiger charge is 2.17. The highest BCUT2D eigenvalue weighted by Crippen LogP contribution is 2.15. The third kappa shape index (κ3) is 4.88. The Bertz CT molecular complexity index is 349. The van der Waals surface area contributed by atoms with Crippen LogP contribution in [0.3, 0.4) is 0 Å². The average Bonchev–Trinajstić information content (AvgIpc) is 2.74. The summed E-state index contributed by atoms with van der Waals surface area (Å²) in [6.45, 7) is 4.95. The van der Waals surface area contributed by atoms with Gasteiger partial charge in [0, 0.05) is 16.3 Å². The molecule has 1 heterocycles. The Morgan fingerprint density at radius 2 is 2.29 bits per heavy atom. The van der Waals surface area contributed by atoms with Crippen LogP contribution in [0.25, 0.3) is 0 Å². The summed E-state index contributed by atoms with van der Waals surface area (Å²) in [5.41, 5.74) is 0. The van der Waals surface area contributed by atoms with Gasteiger partial charge in [0.2, 0.25) is 0 Å². The van der Waals surface area contributed by atoms with Gasteiger partial charge in [0.1, 0.15) is 6.04 Å². The summed E-state index contributed by atoms with van der Waals surface area (Å²) in [6.07, 6.45) is 2.97. The average molecular weight is 255 g/mol. The minimum absolute atomic E-state index is 0.160. The molecule has 0 aliphatic rings. The normalized spacial score (nSPS) is 12.4. The zero-order chi connectivity index (χ0) is 12.7. The molecule has 0 amide bonds. The number of ether oxygens (including phenoxy) is 1. The van der Waals surface area contributed by atoms with Crippen molar-refractivity contribution < 1.29 is 9.53 Å². The molecule has 96 valence electrons. The van der Waals surface area contributed by atoms with Crippen LogP contribution in [0.4, 0.5) is 0 Å². The SMILES string of the molecule is CCCCC(NCc1ccc(C)s1)C(=O)OC. The van der Waals surface area contributed by atoms with Crippen molar-refractivity contribution in [2.45, 2.75) is 45.7 Å². The van der Waals surface area contributed by atoms with E-state index in [2.05, 4.69) is 31.3 Å². The van der Waals surface area contributed by atoms with Crippen molar-refractivity contribution in [3.63, 3.8) is 0 Å². The Labute approximate surface area is 107 Å². The van der Waals surface area contributed by atoms with Gasteiger partial charge in [-0.25, -0.2) is 0 Å². The van der Waals surface area contributed by atoms with E-state index in [-0.39, 0.29) is 12.0 Å². The molecule has 1 rings (SSSR count). The van der Waals surface area contributed by atoms with Crippen molar-refractivity contribution in [3.8, 4) is 0 Å².